The summed E-state index contributed by atoms with van der Waals surface area (Å²) in [5.41, 5.74) is 4.34. The van der Waals surface area contributed by atoms with Crippen molar-refractivity contribution >= 4 is 10.4 Å². The van der Waals surface area contributed by atoms with Crippen LogP contribution in [0.2, 0.25) is 0 Å². The lowest BCUT2D eigenvalue weighted by atomic mass is 10.0. The molecule has 0 spiro atoms. The van der Waals surface area contributed by atoms with Crippen LogP contribution in [0.4, 0.5) is 0 Å². The molecule has 0 atom stereocenters. The summed E-state index contributed by atoms with van der Waals surface area (Å²) in [7, 11) is -1.18. The van der Waals surface area contributed by atoms with Gasteiger partial charge in [-0.05, 0) is 31.9 Å². The first kappa shape index (κ1) is 15.2. The van der Waals surface area contributed by atoms with E-state index >= 15 is 0 Å². The molecule has 16 heavy (non-hydrogen) atoms. The molecule has 0 amide bonds. The van der Waals surface area contributed by atoms with Gasteiger partial charge in [-0.3, -0.25) is 8.74 Å². The Labute approximate surface area is 97.4 Å². The van der Waals surface area contributed by atoms with Crippen LogP contribution >= 0.6 is 0 Å². The van der Waals surface area contributed by atoms with Crippen molar-refractivity contribution in [3.63, 3.8) is 0 Å². The Bertz CT molecular complexity index is 395. The topological polar surface area (TPSA) is 66.8 Å². The number of nitrogens with zero attached hydrogens (tertiary/aromatic N) is 1. The minimum atomic E-state index is -4.16. The van der Waals surface area contributed by atoms with Crippen molar-refractivity contribution in [1.29, 1.82) is 0 Å². The summed E-state index contributed by atoms with van der Waals surface area (Å²) < 4.78 is 29.7. The van der Waals surface area contributed by atoms with Crippen LogP contribution in [0, 0.1) is 0 Å². The molecule has 0 aromatic carbocycles. The third-order valence-electron chi connectivity index (χ3n) is 2.34. The predicted octanol–water partition coefficient (Wildman–Crippen LogP) is 1.61. The van der Waals surface area contributed by atoms with Crippen LogP contribution in [-0.4, -0.2) is 38.6 Å². The highest BCUT2D eigenvalue weighted by Crippen LogP contribution is 2.19. The van der Waals surface area contributed by atoms with Gasteiger partial charge in [0.15, 0.2) is 0 Å². The molecule has 1 heterocycles. The quantitative estimate of drug-likeness (QED) is 0.715. The van der Waals surface area contributed by atoms with E-state index in [4.69, 9.17) is 4.55 Å². The second kappa shape index (κ2) is 6.03. The number of likely N-dealkylation sites (N-methyl/N-ethyl adjacent to an activating group) is 1. The molecule has 1 N–H and O–H groups in total. The third kappa shape index (κ3) is 5.89. The lowest BCUT2D eigenvalue weighted by Crippen LogP contribution is -2.18. The lowest BCUT2D eigenvalue weighted by molar-refractivity contribution is 0.324. The summed E-state index contributed by atoms with van der Waals surface area (Å²) in [6, 6.07) is 0. The van der Waals surface area contributed by atoms with Crippen LogP contribution in [0.5, 0.6) is 0 Å². The van der Waals surface area contributed by atoms with Crippen LogP contribution in [0.25, 0.3) is 0 Å². The van der Waals surface area contributed by atoms with Gasteiger partial charge in [0.1, 0.15) is 0 Å². The number of allylic oxidation sites excluding steroid dienone is 2. The summed E-state index contributed by atoms with van der Waals surface area (Å²) in [5.74, 6) is 0. The summed E-state index contributed by atoms with van der Waals surface area (Å²) >= 11 is 0. The first-order chi connectivity index (χ1) is 7.17. The normalized spacial score (nSPS) is 16.6. The largest absolute Gasteiger partial charge is 0.397 e. The Hall–Kier alpha value is -0.850. The smallest absolute Gasteiger partial charge is 0.376 e. The maximum absolute atomic E-state index is 9.33. The van der Waals surface area contributed by atoms with Gasteiger partial charge in [0.2, 0.25) is 0 Å². The van der Waals surface area contributed by atoms with E-state index in [9.17, 15) is 8.42 Å². The molecule has 1 aliphatic heterocycles. The van der Waals surface area contributed by atoms with E-state index in [1.165, 1.54) is 16.7 Å². The SMILES string of the molecule is CC1=CN(C)CC(C)=C1C.COS(=O)(=O)O. The molecule has 5 nitrogen and oxygen atoms in total. The van der Waals surface area contributed by atoms with Gasteiger partial charge in [-0.15, -0.1) is 0 Å². The van der Waals surface area contributed by atoms with E-state index in [0.717, 1.165) is 13.7 Å². The van der Waals surface area contributed by atoms with Crippen molar-refractivity contribution in [2.24, 2.45) is 0 Å². The van der Waals surface area contributed by atoms with Gasteiger partial charge in [-0.1, -0.05) is 5.57 Å². The lowest BCUT2D eigenvalue weighted by Gasteiger charge is -2.23. The predicted molar refractivity (Wildman–Crippen MR) is 63.3 cm³/mol. The van der Waals surface area contributed by atoms with E-state index in [1.54, 1.807) is 0 Å². The van der Waals surface area contributed by atoms with Gasteiger partial charge in [-0.25, -0.2) is 0 Å². The Morgan fingerprint density at radius 3 is 2.12 bits per heavy atom. The van der Waals surface area contributed by atoms with Gasteiger partial charge < -0.3 is 4.90 Å². The molecule has 0 aromatic heterocycles. The molecule has 0 fully saturated rings. The Morgan fingerprint density at radius 2 is 1.81 bits per heavy atom. The average molecular weight is 249 g/mol. The zero-order chi connectivity index (χ0) is 12.9. The standard InChI is InChI=1S/C9H15N.CH4O4S/c1-7-5-10(4)6-8(2)9(7)3;1-5-6(2,3)4/h5H,6H2,1-4H3;1H3,(H,2,3,4). The molecule has 1 aliphatic rings. The average Bonchev–Trinajstić information content (AvgIpc) is 2.14. The molecule has 0 bridgehead atoms. The molecule has 0 saturated carbocycles. The van der Waals surface area contributed by atoms with Gasteiger partial charge in [0, 0.05) is 19.8 Å². The molecule has 0 radical (unpaired) electrons. The molecule has 0 unspecified atom stereocenters. The van der Waals surface area contributed by atoms with E-state index in [-0.39, 0.29) is 0 Å². The van der Waals surface area contributed by atoms with Crippen LogP contribution < -0.4 is 0 Å². The number of hydrogen-bond acceptors (Lipinski definition) is 4. The Balaban J connectivity index is 0.000000325. The first-order valence-electron chi connectivity index (χ1n) is 4.75. The maximum atomic E-state index is 9.33. The van der Waals surface area contributed by atoms with Gasteiger partial charge in [0.05, 0.1) is 7.11 Å². The van der Waals surface area contributed by atoms with E-state index < -0.39 is 10.4 Å². The molecule has 0 saturated heterocycles. The van der Waals surface area contributed by atoms with E-state index in [2.05, 4.69) is 43.1 Å². The molecule has 0 aliphatic carbocycles. The van der Waals surface area contributed by atoms with Crippen molar-refractivity contribution in [3.05, 3.63) is 22.9 Å². The van der Waals surface area contributed by atoms with Crippen molar-refractivity contribution in [1.82, 2.24) is 4.90 Å². The summed E-state index contributed by atoms with van der Waals surface area (Å²) in [4.78, 5) is 2.22. The molecular formula is C10H19NO4S. The van der Waals surface area contributed by atoms with E-state index in [1.807, 2.05) is 0 Å². The minimum absolute atomic E-state index is 0.870. The summed E-state index contributed by atoms with van der Waals surface area (Å²) in [5, 5.41) is 0. The van der Waals surface area contributed by atoms with Crippen molar-refractivity contribution in [2.45, 2.75) is 20.8 Å². The second-order valence-electron chi connectivity index (χ2n) is 3.73. The molecule has 6 heteroatoms. The molecule has 0 aromatic rings. The number of hydrogen-bond donors (Lipinski definition) is 1. The zero-order valence-electron chi connectivity index (χ0n) is 10.3. The summed E-state index contributed by atoms with van der Waals surface area (Å²) in [6.07, 6.45) is 2.20. The fraction of sp³-hybridized carbons (Fsp3) is 0.600. The number of rotatable bonds is 1. The highest BCUT2D eigenvalue weighted by molar-refractivity contribution is 7.80. The second-order valence-corrected chi connectivity index (χ2v) is 4.92. The van der Waals surface area contributed by atoms with E-state index in [0.29, 0.717) is 0 Å². The van der Waals surface area contributed by atoms with Crippen molar-refractivity contribution in [3.8, 4) is 0 Å². The van der Waals surface area contributed by atoms with Gasteiger partial charge in [0.25, 0.3) is 0 Å². The van der Waals surface area contributed by atoms with Gasteiger partial charge >= 0.3 is 10.4 Å². The zero-order valence-corrected chi connectivity index (χ0v) is 11.1. The fourth-order valence-electron chi connectivity index (χ4n) is 1.30. The van der Waals surface area contributed by atoms with Crippen LogP contribution in [0.15, 0.2) is 22.9 Å². The highest BCUT2D eigenvalue weighted by atomic mass is 32.3. The first-order valence-corrected chi connectivity index (χ1v) is 6.12. The molecule has 94 valence electrons. The Kier molecular flexibility index (Phi) is 5.71. The van der Waals surface area contributed by atoms with Crippen LogP contribution in [-0.2, 0) is 14.6 Å². The van der Waals surface area contributed by atoms with Crippen LogP contribution in [0.1, 0.15) is 20.8 Å². The summed E-state index contributed by atoms with van der Waals surface area (Å²) in [6.45, 7) is 7.63. The maximum Gasteiger partial charge on any atom is 0.397 e. The minimum Gasteiger partial charge on any atom is -0.376 e. The van der Waals surface area contributed by atoms with Crippen LogP contribution in [0.3, 0.4) is 0 Å². The Morgan fingerprint density at radius 1 is 1.38 bits per heavy atom. The van der Waals surface area contributed by atoms with Crippen molar-refractivity contribution in [2.75, 3.05) is 20.7 Å². The van der Waals surface area contributed by atoms with Crippen molar-refractivity contribution < 1.29 is 17.2 Å². The third-order valence-corrected chi connectivity index (χ3v) is 2.76. The monoisotopic (exact) mass is 249 g/mol. The van der Waals surface area contributed by atoms with Gasteiger partial charge in [-0.2, -0.15) is 8.42 Å². The fourth-order valence-corrected chi connectivity index (χ4v) is 1.30. The molecular weight excluding hydrogens is 230 g/mol. The highest BCUT2D eigenvalue weighted by Gasteiger charge is 2.07. The molecule has 1 rings (SSSR count).